The Hall–Kier alpha value is -0.570. The van der Waals surface area contributed by atoms with Crippen molar-refractivity contribution in [2.45, 2.75) is 109 Å². The molecule has 1 aliphatic carbocycles. The average Bonchev–Trinajstić information content (AvgIpc) is 3.03. The molecule has 2 rings (SSSR count). The molecule has 0 aromatic carbocycles. The molecule has 1 heterocycles. The minimum atomic E-state index is -0.197. The van der Waals surface area contributed by atoms with Crippen LogP contribution in [-0.2, 0) is 4.79 Å². The van der Waals surface area contributed by atoms with Crippen molar-refractivity contribution < 1.29 is 4.79 Å². The molecule has 1 amide bonds. The van der Waals surface area contributed by atoms with Gasteiger partial charge in [0.2, 0.25) is 5.91 Å². The van der Waals surface area contributed by atoms with Gasteiger partial charge in [0.25, 0.3) is 0 Å². The Bertz CT molecular complexity index is 336. The lowest BCUT2D eigenvalue weighted by atomic mass is 9.97. The maximum absolute atomic E-state index is 13.0. The molecule has 2 aliphatic rings. The van der Waals surface area contributed by atoms with E-state index in [-0.39, 0.29) is 11.7 Å². The Labute approximate surface area is 130 Å². The van der Waals surface area contributed by atoms with Gasteiger partial charge in [0.15, 0.2) is 0 Å². The molecule has 1 aliphatic heterocycles. The third-order valence-corrected chi connectivity index (χ3v) is 5.39. The number of carbonyl (C=O) groups is 1. The van der Waals surface area contributed by atoms with Crippen LogP contribution >= 0.6 is 0 Å². The lowest BCUT2D eigenvalue weighted by Gasteiger charge is -2.30. The standard InChI is InChI=1S/C18H34N2O/c1-4-6-7-8-12-15(3)20-16(11-5-2)19-18(17(20)21)13-9-10-14-18/h15-16,19H,4-14H2,1-3H3. The maximum Gasteiger partial charge on any atom is 0.244 e. The second kappa shape index (κ2) is 7.62. The topological polar surface area (TPSA) is 32.3 Å². The van der Waals surface area contributed by atoms with Crippen LogP contribution < -0.4 is 5.32 Å². The minimum Gasteiger partial charge on any atom is -0.323 e. The van der Waals surface area contributed by atoms with E-state index in [1.54, 1.807) is 0 Å². The second-order valence-corrected chi connectivity index (χ2v) is 7.15. The van der Waals surface area contributed by atoms with Crippen LogP contribution in [0.15, 0.2) is 0 Å². The Balaban J connectivity index is 1.98. The molecule has 0 radical (unpaired) electrons. The molecule has 0 aromatic rings. The molecule has 1 saturated heterocycles. The molecule has 122 valence electrons. The summed E-state index contributed by atoms with van der Waals surface area (Å²) in [4.78, 5) is 15.2. The molecule has 2 unspecified atom stereocenters. The van der Waals surface area contributed by atoms with Crippen molar-refractivity contribution in [2.24, 2.45) is 0 Å². The fraction of sp³-hybridized carbons (Fsp3) is 0.944. The first-order valence-electron chi connectivity index (χ1n) is 9.25. The summed E-state index contributed by atoms with van der Waals surface area (Å²) in [5.41, 5.74) is -0.197. The summed E-state index contributed by atoms with van der Waals surface area (Å²) < 4.78 is 0. The maximum atomic E-state index is 13.0. The van der Waals surface area contributed by atoms with Gasteiger partial charge in [0, 0.05) is 6.04 Å². The van der Waals surface area contributed by atoms with E-state index in [2.05, 4.69) is 31.0 Å². The minimum absolute atomic E-state index is 0.197. The van der Waals surface area contributed by atoms with Crippen molar-refractivity contribution in [2.75, 3.05) is 0 Å². The quantitative estimate of drug-likeness (QED) is 0.680. The lowest BCUT2D eigenvalue weighted by Crippen LogP contribution is -2.45. The summed E-state index contributed by atoms with van der Waals surface area (Å²) in [7, 11) is 0. The SMILES string of the molecule is CCCCCCC(C)N1C(=O)C2(CCCC2)NC1CCC. The first kappa shape index (κ1) is 16.8. The van der Waals surface area contributed by atoms with E-state index in [9.17, 15) is 4.79 Å². The Morgan fingerprint density at radius 3 is 2.52 bits per heavy atom. The average molecular weight is 294 g/mol. The normalized spacial score (nSPS) is 26.0. The zero-order chi connectivity index (χ0) is 15.3. The summed E-state index contributed by atoms with van der Waals surface area (Å²) in [5, 5.41) is 3.73. The molecule has 3 nitrogen and oxygen atoms in total. The molecule has 0 bridgehead atoms. The molecule has 3 heteroatoms. The molecule has 1 spiro atoms. The van der Waals surface area contributed by atoms with Crippen LogP contribution in [0.3, 0.4) is 0 Å². The first-order valence-corrected chi connectivity index (χ1v) is 9.25. The summed E-state index contributed by atoms with van der Waals surface area (Å²) in [6.45, 7) is 6.72. The van der Waals surface area contributed by atoms with Gasteiger partial charge in [-0.05, 0) is 32.6 Å². The van der Waals surface area contributed by atoms with E-state index in [4.69, 9.17) is 0 Å². The van der Waals surface area contributed by atoms with Gasteiger partial charge in [0.1, 0.15) is 0 Å². The molecule has 21 heavy (non-hydrogen) atoms. The van der Waals surface area contributed by atoms with Crippen LogP contribution in [-0.4, -0.2) is 28.6 Å². The summed E-state index contributed by atoms with van der Waals surface area (Å²) in [6, 6.07) is 0.387. The van der Waals surface area contributed by atoms with Crippen molar-refractivity contribution in [3.8, 4) is 0 Å². The summed E-state index contributed by atoms with van der Waals surface area (Å²) in [5.74, 6) is 0.404. The Morgan fingerprint density at radius 2 is 1.90 bits per heavy atom. The van der Waals surface area contributed by atoms with Crippen molar-refractivity contribution in [1.82, 2.24) is 10.2 Å². The van der Waals surface area contributed by atoms with Crippen LogP contribution in [0.4, 0.5) is 0 Å². The highest BCUT2D eigenvalue weighted by Gasteiger charge is 2.52. The van der Waals surface area contributed by atoms with E-state index in [1.165, 1.54) is 38.5 Å². The summed E-state index contributed by atoms with van der Waals surface area (Å²) >= 11 is 0. The van der Waals surface area contributed by atoms with E-state index >= 15 is 0 Å². The van der Waals surface area contributed by atoms with Gasteiger partial charge in [-0.1, -0.05) is 58.8 Å². The van der Waals surface area contributed by atoms with Crippen LogP contribution in [0, 0.1) is 0 Å². The van der Waals surface area contributed by atoms with Gasteiger partial charge in [0.05, 0.1) is 11.7 Å². The molecular weight excluding hydrogens is 260 g/mol. The van der Waals surface area contributed by atoms with Crippen molar-refractivity contribution in [3.63, 3.8) is 0 Å². The number of nitrogens with zero attached hydrogens (tertiary/aromatic N) is 1. The number of hydrogen-bond acceptors (Lipinski definition) is 2. The lowest BCUT2D eigenvalue weighted by molar-refractivity contribution is -0.135. The number of nitrogens with one attached hydrogen (secondary N) is 1. The van der Waals surface area contributed by atoms with Crippen molar-refractivity contribution in [3.05, 3.63) is 0 Å². The predicted molar refractivity (Wildman–Crippen MR) is 88.1 cm³/mol. The van der Waals surface area contributed by atoms with Crippen LogP contribution in [0.2, 0.25) is 0 Å². The third kappa shape index (κ3) is 3.61. The molecule has 2 atom stereocenters. The zero-order valence-electron chi connectivity index (χ0n) is 14.3. The molecule has 1 N–H and O–H groups in total. The van der Waals surface area contributed by atoms with E-state index < -0.39 is 0 Å². The number of amides is 1. The van der Waals surface area contributed by atoms with Gasteiger partial charge < -0.3 is 4.90 Å². The monoisotopic (exact) mass is 294 g/mol. The highest BCUT2D eigenvalue weighted by Crippen LogP contribution is 2.38. The fourth-order valence-electron chi connectivity index (χ4n) is 4.17. The van der Waals surface area contributed by atoms with Crippen LogP contribution in [0.1, 0.15) is 91.4 Å². The number of carbonyl (C=O) groups excluding carboxylic acids is 1. The van der Waals surface area contributed by atoms with E-state index in [1.807, 2.05) is 0 Å². The van der Waals surface area contributed by atoms with Gasteiger partial charge in [-0.2, -0.15) is 0 Å². The highest BCUT2D eigenvalue weighted by atomic mass is 16.2. The van der Waals surface area contributed by atoms with Gasteiger partial charge in [-0.3, -0.25) is 10.1 Å². The van der Waals surface area contributed by atoms with Gasteiger partial charge in [-0.25, -0.2) is 0 Å². The molecular formula is C18H34N2O. The zero-order valence-corrected chi connectivity index (χ0v) is 14.3. The fourth-order valence-corrected chi connectivity index (χ4v) is 4.17. The number of hydrogen-bond donors (Lipinski definition) is 1. The highest BCUT2D eigenvalue weighted by molar-refractivity contribution is 5.89. The Kier molecular flexibility index (Phi) is 6.09. The van der Waals surface area contributed by atoms with Crippen LogP contribution in [0.5, 0.6) is 0 Å². The smallest absolute Gasteiger partial charge is 0.244 e. The predicted octanol–water partition coefficient (Wildman–Crippen LogP) is 4.22. The number of unbranched alkanes of at least 4 members (excludes halogenated alkanes) is 3. The van der Waals surface area contributed by atoms with E-state index in [0.29, 0.717) is 11.9 Å². The molecule has 2 fully saturated rings. The van der Waals surface area contributed by atoms with Crippen molar-refractivity contribution in [1.29, 1.82) is 0 Å². The van der Waals surface area contributed by atoms with Crippen molar-refractivity contribution >= 4 is 5.91 Å². The van der Waals surface area contributed by atoms with Gasteiger partial charge >= 0.3 is 0 Å². The van der Waals surface area contributed by atoms with Crippen LogP contribution in [0.25, 0.3) is 0 Å². The second-order valence-electron chi connectivity index (χ2n) is 7.15. The number of rotatable bonds is 8. The van der Waals surface area contributed by atoms with Gasteiger partial charge in [-0.15, -0.1) is 0 Å². The molecule has 1 saturated carbocycles. The Morgan fingerprint density at radius 1 is 1.19 bits per heavy atom. The first-order chi connectivity index (χ1) is 10.1. The molecule has 0 aromatic heterocycles. The summed E-state index contributed by atoms with van der Waals surface area (Å²) in [6.07, 6.45) is 13.3. The largest absolute Gasteiger partial charge is 0.323 e. The third-order valence-electron chi connectivity index (χ3n) is 5.39. The van der Waals surface area contributed by atoms with E-state index in [0.717, 1.165) is 32.1 Å².